The van der Waals surface area contributed by atoms with E-state index in [1.54, 1.807) is 0 Å². The first kappa shape index (κ1) is 24.3. The van der Waals surface area contributed by atoms with E-state index in [9.17, 15) is 23.1 Å². The highest BCUT2D eigenvalue weighted by atomic mass is 19.4. The van der Waals surface area contributed by atoms with Gasteiger partial charge in [-0.15, -0.1) is 0 Å². The molecule has 2 unspecified atom stereocenters. The summed E-state index contributed by atoms with van der Waals surface area (Å²) in [6, 6.07) is 3.79. The molecule has 0 bridgehead atoms. The molecule has 2 amide bonds. The number of benzene rings is 1. The normalized spacial score (nSPS) is 20.5. The average Bonchev–Trinajstić information content (AvgIpc) is 2.86. The molecule has 3 heterocycles. The van der Waals surface area contributed by atoms with Gasteiger partial charge in [0.25, 0.3) is 0 Å². The van der Waals surface area contributed by atoms with Crippen LogP contribution in [-0.4, -0.2) is 63.6 Å². The number of urea groups is 1. The Hall–Kier alpha value is -3.84. The van der Waals surface area contributed by atoms with E-state index in [0.717, 1.165) is 12.1 Å². The van der Waals surface area contributed by atoms with Gasteiger partial charge in [0.15, 0.2) is 11.6 Å². The van der Waals surface area contributed by atoms with Crippen LogP contribution in [0.15, 0.2) is 60.4 Å². The number of aliphatic hydroxyl groups is 2. The van der Waals surface area contributed by atoms with Crippen molar-refractivity contribution in [1.29, 1.82) is 0 Å². The fourth-order valence-corrected chi connectivity index (χ4v) is 3.78. The van der Waals surface area contributed by atoms with Crippen molar-refractivity contribution in [3.8, 4) is 5.88 Å². The second-order valence-electron chi connectivity index (χ2n) is 7.75. The number of nitrogens with zero attached hydrogens (tertiary/aromatic N) is 3. The number of carbonyl (C=O) groups is 1. The molecule has 0 fully saturated rings. The molecule has 1 aromatic heterocycles. The second-order valence-corrected chi connectivity index (χ2v) is 7.75. The lowest BCUT2D eigenvalue weighted by Crippen LogP contribution is -2.53. The van der Waals surface area contributed by atoms with Gasteiger partial charge in [-0.3, -0.25) is 9.88 Å². The van der Waals surface area contributed by atoms with Gasteiger partial charge in [-0.1, -0.05) is 12.1 Å². The van der Waals surface area contributed by atoms with Gasteiger partial charge in [-0.2, -0.15) is 13.2 Å². The monoisotopic (exact) mass is 493 g/mol. The molecule has 0 aliphatic carbocycles. The summed E-state index contributed by atoms with van der Waals surface area (Å²) < 4.78 is 51.9. The van der Waals surface area contributed by atoms with E-state index < -0.39 is 36.0 Å². The lowest BCUT2D eigenvalue weighted by atomic mass is 9.83. The van der Waals surface area contributed by atoms with Crippen LogP contribution in [0.5, 0.6) is 5.88 Å². The molecule has 1 aromatic carbocycles. The first-order chi connectivity index (χ1) is 16.7. The van der Waals surface area contributed by atoms with Crippen LogP contribution < -0.4 is 15.8 Å². The number of nitrogens with two attached hydrogens (primary N) is 1. The molecule has 186 valence electrons. The van der Waals surface area contributed by atoms with Crippen molar-refractivity contribution in [2.45, 2.75) is 17.8 Å². The summed E-state index contributed by atoms with van der Waals surface area (Å²) in [5.74, 6) is 0.288. The Bertz CT molecular complexity index is 1170. The lowest BCUT2D eigenvalue weighted by Gasteiger charge is -2.41. The average molecular weight is 493 g/mol. The second kappa shape index (κ2) is 9.43. The number of halogens is 3. The minimum absolute atomic E-state index is 0.0438. The van der Waals surface area contributed by atoms with E-state index >= 15 is 0 Å². The zero-order valence-corrected chi connectivity index (χ0v) is 18.2. The number of dihydropyridines is 1. The zero-order chi connectivity index (χ0) is 25.2. The van der Waals surface area contributed by atoms with Gasteiger partial charge >= 0.3 is 12.2 Å². The number of alkyl halides is 3. The number of nitrogens with one attached hydrogen (secondary N) is 1. The van der Waals surface area contributed by atoms with E-state index in [1.165, 1.54) is 41.6 Å². The minimum Gasteiger partial charge on any atom is -0.488 e. The SMILES string of the molecule is NC(=O)N1CCOC2=C1NC(c1cccc(C(F)(F)F)c1)(c1nccnc1OCC(O)CO)C=C2. The maximum absolute atomic E-state index is 13.6. The summed E-state index contributed by atoms with van der Waals surface area (Å²) in [7, 11) is 0. The molecule has 2 aliphatic heterocycles. The number of hydrogen-bond acceptors (Lipinski definition) is 8. The Balaban J connectivity index is 1.89. The topological polar surface area (TPSA) is 143 Å². The molecular formula is C22H22F3N5O5. The summed E-state index contributed by atoms with van der Waals surface area (Å²) in [4.78, 5) is 21.8. The van der Waals surface area contributed by atoms with E-state index in [0.29, 0.717) is 0 Å². The lowest BCUT2D eigenvalue weighted by molar-refractivity contribution is -0.137. The molecule has 0 saturated heterocycles. The third-order valence-corrected chi connectivity index (χ3v) is 5.45. The highest BCUT2D eigenvalue weighted by molar-refractivity contribution is 5.75. The first-order valence-electron chi connectivity index (χ1n) is 10.5. The van der Waals surface area contributed by atoms with Gasteiger partial charge in [-0.25, -0.2) is 9.78 Å². The maximum Gasteiger partial charge on any atom is 0.416 e. The smallest absolute Gasteiger partial charge is 0.416 e. The molecular weight excluding hydrogens is 471 g/mol. The molecule has 13 heteroatoms. The number of hydrogen-bond donors (Lipinski definition) is 4. The van der Waals surface area contributed by atoms with Gasteiger partial charge in [0, 0.05) is 12.4 Å². The quantitative estimate of drug-likeness (QED) is 0.470. The molecule has 4 rings (SSSR count). The van der Waals surface area contributed by atoms with Crippen LogP contribution in [-0.2, 0) is 16.5 Å². The Labute approximate surface area is 197 Å². The largest absolute Gasteiger partial charge is 0.488 e. The van der Waals surface area contributed by atoms with E-state index in [4.69, 9.17) is 20.3 Å². The summed E-state index contributed by atoms with van der Waals surface area (Å²) >= 11 is 0. The first-order valence-corrected chi connectivity index (χ1v) is 10.5. The highest BCUT2D eigenvalue weighted by Gasteiger charge is 2.44. The van der Waals surface area contributed by atoms with Crippen LogP contribution >= 0.6 is 0 Å². The molecule has 35 heavy (non-hydrogen) atoms. The summed E-state index contributed by atoms with van der Waals surface area (Å²) in [5.41, 5.74) is 3.17. The van der Waals surface area contributed by atoms with Crippen LogP contribution in [0.4, 0.5) is 18.0 Å². The number of ether oxygens (including phenoxy) is 2. The van der Waals surface area contributed by atoms with Gasteiger partial charge < -0.3 is 30.7 Å². The third kappa shape index (κ3) is 4.72. The van der Waals surface area contributed by atoms with Crippen molar-refractivity contribution in [3.63, 3.8) is 0 Å². The number of rotatable bonds is 6. The fraction of sp³-hybridized carbons (Fsp3) is 0.318. The van der Waals surface area contributed by atoms with Gasteiger partial charge in [0.05, 0.1) is 18.7 Å². The number of aliphatic hydroxyl groups excluding tert-OH is 2. The van der Waals surface area contributed by atoms with Crippen LogP contribution in [0.3, 0.4) is 0 Å². The van der Waals surface area contributed by atoms with Gasteiger partial charge in [-0.05, 0) is 29.8 Å². The molecule has 10 nitrogen and oxygen atoms in total. The van der Waals surface area contributed by atoms with E-state index in [2.05, 4.69) is 15.3 Å². The van der Waals surface area contributed by atoms with Crippen LogP contribution in [0.1, 0.15) is 16.8 Å². The summed E-state index contributed by atoms with van der Waals surface area (Å²) in [6.07, 6.45) is -0.202. The number of carbonyl (C=O) groups excluding carboxylic acids is 1. The number of primary amides is 1. The molecule has 2 atom stereocenters. The highest BCUT2D eigenvalue weighted by Crippen LogP contribution is 2.41. The van der Waals surface area contributed by atoms with Crippen LogP contribution in [0.25, 0.3) is 0 Å². The minimum atomic E-state index is -4.62. The number of aromatic nitrogens is 2. The van der Waals surface area contributed by atoms with Crippen molar-refractivity contribution in [1.82, 2.24) is 20.2 Å². The van der Waals surface area contributed by atoms with E-state index in [1.807, 2.05) is 0 Å². The molecule has 5 N–H and O–H groups in total. The van der Waals surface area contributed by atoms with Crippen molar-refractivity contribution >= 4 is 6.03 Å². The molecule has 0 spiro atoms. The van der Waals surface area contributed by atoms with E-state index in [-0.39, 0.29) is 48.5 Å². The Morgan fingerprint density at radius 2 is 2.11 bits per heavy atom. The van der Waals surface area contributed by atoms with Crippen molar-refractivity contribution < 1.29 is 37.7 Å². The maximum atomic E-state index is 13.6. The molecule has 2 aliphatic rings. The van der Waals surface area contributed by atoms with Crippen LogP contribution in [0, 0.1) is 0 Å². The Morgan fingerprint density at radius 3 is 2.83 bits per heavy atom. The Morgan fingerprint density at radius 1 is 1.34 bits per heavy atom. The van der Waals surface area contributed by atoms with Crippen molar-refractivity contribution in [2.75, 3.05) is 26.4 Å². The predicted molar refractivity (Wildman–Crippen MR) is 114 cm³/mol. The molecule has 0 radical (unpaired) electrons. The van der Waals surface area contributed by atoms with Crippen LogP contribution in [0.2, 0.25) is 0 Å². The predicted octanol–water partition coefficient (Wildman–Crippen LogP) is 1.21. The molecule has 2 aromatic rings. The zero-order valence-electron chi connectivity index (χ0n) is 18.2. The summed E-state index contributed by atoms with van der Waals surface area (Å²) in [5, 5.41) is 21.9. The van der Waals surface area contributed by atoms with Crippen molar-refractivity contribution in [2.24, 2.45) is 5.73 Å². The van der Waals surface area contributed by atoms with Gasteiger partial charge in [0.1, 0.15) is 30.6 Å². The van der Waals surface area contributed by atoms with Crippen molar-refractivity contribution in [3.05, 3.63) is 77.2 Å². The fourth-order valence-electron chi connectivity index (χ4n) is 3.78. The summed E-state index contributed by atoms with van der Waals surface area (Å²) in [6.45, 7) is -0.647. The van der Waals surface area contributed by atoms with Gasteiger partial charge in [0.2, 0.25) is 5.88 Å². The third-order valence-electron chi connectivity index (χ3n) is 5.45. The molecule has 0 saturated carbocycles. The standard InChI is InChI=1S/C22H22F3N5O5/c23-22(24,25)14-3-1-2-13(10-14)21(17-19(28-7-6-27-17)35-12-15(32)11-31)5-4-16-18(29-21)30(20(26)33)8-9-34-16/h1-7,10,15,29,31-32H,8-9,11-12H2,(H2,26,33). The number of allylic oxidation sites excluding steroid dienone is 1. The number of amides is 2. The Kier molecular flexibility index (Phi) is 6.54.